The van der Waals surface area contributed by atoms with Crippen molar-refractivity contribution in [3.63, 3.8) is 0 Å². The molecule has 0 saturated heterocycles. The van der Waals surface area contributed by atoms with Crippen LogP contribution in [0.5, 0.6) is 0 Å². The third-order valence-corrected chi connectivity index (χ3v) is 6.37. The minimum atomic E-state index is 0.703. The Kier molecular flexibility index (Phi) is 4.27. The van der Waals surface area contributed by atoms with E-state index in [9.17, 15) is 0 Å². The zero-order chi connectivity index (χ0) is 22.5. The van der Waals surface area contributed by atoms with Gasteiger partial charge in [-0.1, -0.05) is 30.3 Å². The summed E-state index contributed by atoms with van der Waals surface area (Å²) >= 11 is 0. The Bertz CT molecular complexity index is 1560. The SMILES string of the molecule is c1cc2nc(c1)C[n+]1ccn(c1)Cc1ccc3ccc4ccc(nc4c3n1)Cn1cc[n+](c1)C2. The van der Waals surface area contributed by atoms with Crippen molar-refractivity contribution in [2.75, 3.05) is 0 Å². The van der Waals surface area contributed by atoms with Gasteiger partial charge in [-0.25, -0.2) is 33.2 Å². The van der Waals surface area contributed by atoms with E-state index in [0.29, 0.717) is 13.1 Å². The molecule has 7 heteroatoms. The molecular weight excluding hydrogens is 422 g/mol. The summed E-state index contributed by atoms with van der Waals surface area (Å²) in [6, 6.07) is 19.0. The lowest BCUT2D eigenvalue weighted by molar-refractivity contribution is -0.689. The first kappa shape index (κ1) is 19.1. The maximum Gasteiger partial charge on any atom is 0.244 e. The number of rotatable bonds is 0. The molecule has 0 amide bonds. The van der Waals surface area contributed by atoms with Gasteiger partial charge in [0, 0.05) is 10.8 Å². The molecule has 1 aliphatic heterocycles. The van der Waals surface area contributed by atoms with Gasteiger partial charge in [-0.2, -0.15) is 0 Å². The normalized spacial score (nSPS) is 13.4. The fraction of sp³-hybridized carbons (Fsp3) is 0.148. The second-order valence-corrected chi connectivity index (χ2v) is 8.95. The summed E-state index contributed by atoms with van der Waals surface area (Å²) in [6.45, 7) is 2.87. The highest BCUT2D eigenvalue weighted by atomic mass is 15.1. The van der Waals surface area contributed by atoms with Crippen LogP contribution in [-0.4, -0.2) is 24.1 Å². The highest BCUT2D eigenvalue weighted by Gasteiger charge is 2.13. The maximum absolute atomic E-state index is 5.04. The van der Waals surface area contributed by atoms with Crippen LogP contribution in [0.25, 0.3) is 21.8 Å². The summed E-state index contributed by atoms with van der Waals surface area (Å²) in [5, 5.41) is 2.22. The minimum Gasteiger partial charge on any atom is -0.250 e. The monoisotopic (exact) mass is 445 g/mol. The van der Waals surface area contributed by atoms with E-state index in [4.69, 9.17) is 15.0 Å². The molecule has 0 aliphatic carbocycles. The lowest BCUT2D eigenvalue weighted by Gasteiger charge is -2.06. The number of hydrogen-bond acceptors (Lipinski definition) is 3. The van der Waals surface area contributed by atoms with Gasteiger partial charge in [0.2, 0.25) is 12.7 Å². The van der Waals surface area contributed by atoms with Crippen LogP contribution in [0.3, 0.4) is 0 Å². The first-order valence-electron chi connectivity index (χ1n) is 11.5. The number of nitrogens with zero attached hydrogens (tertiary/aromatic N) is 7. The van der Waals surface area contributed by atoms with Gasteiger partial charge in [0.15, 0.2) is 0 Å². The Morgan fingerprint density at radius 2 is 1.06 bits per heavy atom. The fourth-order valence-corrected chi connectivity index (χ4v) is 4.73. The van der Waals surface area contributed by atoms with Gasteiger partial charge in [-0.15, -0.1) is 0 Å². The van der Waals surface area contributed by atoms with Gasteiger partial charge in [0.05, 0.1) is 33.8 Å². The molecule has 0 saturated carbocycles. The Morgan fingerprint density at radius 3 is 1.59 bits per heavy atom. The van der Waals surface area contributed by atoms with Gasteiger partial charge >= 0.3 is 0 Å². The number of imidazole rings is 2. The number of hydrogen-bond donors (Lipinski definition) is 0. The number of benzene rings is 1. The van der Waals surface area contributed by atoms with Crippen LogP contribution in [0.1, 0.15) is 22.8 Å². The quantitative estimate of drug-likeness (QED) is 0.267. The average Bonchev–Trinajstić information content (AvgIpc) is 3.48. The molecule has 0 unspecified atom stereocenters. The molecule has 5 aromatic heterocycles. The molecule has 0 N–H and O–H groups in total. The molecule has 10 bridgehead atoms. The predicted molar refractivity (Wildman–Crippen MR) is 127 cm³/mol. The molecule has 1 aliphatic rings. The van der Waals surface area contributed by atoms with E-state index >= 15 is 0 Å². The van der Waals surface area contributed by atoms with Gasteiger partial charge < -0.3 is 0 Å². The summed E-state index contributed by atoms with van der Waals surface area (Å²) in [5.41, 5.74) is 6.03. The second kappa shape index (κ2) is 7.59. The van der Waals surface area contributed by atoms with Crippen molar-refractivity contribution in [2.45, 2.75) is 26.2 Å². The predicted octanol–water partition coefficient (Wildman–Crippen LogP) is 2.86. The van der Waals surface area contributed by atoms with Crippen LogP contribution >= 0.6 is 0 Å². The number of aromatic nitrogens is 7. The zero-order valence-electron chi connectivity index (χ0n) is 18.6. The van der Waals surface area contributed by atoms with Gasteiger partial charge in [-0.3, -0.25) is 0 Å². The summed E-state index contributed by atoms with van der Waals surface area (Å²) < 4.78 is 8.64. The molecule has 34 heavy (non-hydrogen) atoms. The van der Waals surface area contributed by atoms with E-state index in [1.54, 1.807) is 0 Å². The summed E-state index contributed by atoms with van der Waals surface area (Å²) in [7, 11) is 0. The van der Waals surface area contributed by atoms with E-state index in [1.165, 1.54) is 0 Å². The lowest BCUT2D eigenvalue weighted by atomic mass is 10.1. The minimum absolute atomic E-state index is 0.703. The summed E-state index contributed by atoms with van der Waals surface area (Å²) in [5.74, 6) is 0. The Hall–Kier alpha value is -4.39. The van der Waals surface area contributed by atoms with E-state index in [2.05, 4.69) is 110 Å². The molecule has 6 aromatic rings. The van der Waals surface area contributed by atoms with Crippen molar-refractivity contribution in [2.24, 2.45) is 0 Å². The van der Waals surface area contributed by atoms with Crippen LogP contribution in [0, 0.1) is 0 Å². The molecule has 6 heterocycles. The van der Waals surface area contributed by atoms with Crippen LogP contribution in [-0.2, 0) is 26.2 Å². The molecule has 7 nitrogen and oxygen atoms in total. The van der Waals surface area contributed by atoms with Crippen molar-refractivity contribution < 1.29 is 9.13 Å². The standard InChI is InChI=1S/C27H23N7/c1-2-22-14-31-10-12-33(18-31)16-24-8-6-20-4-5-21-7-9-25(30-27(21)26(20)29-24)17-34-13-11-32(19-34)15-23(3-1)28-22/h1-13,18-19H,14-17H2/q+2. The van der Waals surface area contributed by atoms with Gasteiger partial charge in [0.1, 0.15) is 51.0 Å². The topological polar surface area (TPSA) is 56.3 Å². The van der Waals surface area contributed by atoms with E-state index < -0.39 is 0 Å². The van der Waals surface area contributed by atoms with Crippen LogP contribution in [0.15, 0.2) is 92.0 Å². The summed E-state index contributed by atoms with van der Waals surface area (Å²) in [4.78, 5) is 15.0. The van der Waals surface area contributed by atoms with E-state index in [0.717, 1.165) is 57.7 Å². The van der Waals surface area contributed by atoms with Crippen molar-refractivity contribution >= 4 is 21.8 Å². The highest BCUT2D eigenvalue weighted by Crippen LogP contribution is 2.23. The number of fused-ring (bicyclic) bond motifs is 8. The van der Waals surface area contributed by atoms with Crippen molar-refractivity contribution in [1.29, 1.82) is 0 Å². The molecule has 0 fully saturated rings. The van der Waals surface area contributed by atoms with Crippen molar-refractivity contribution in [3.8, 4) is 0 Å². The number of pyridine rings is 3. The largest absolute Gasteiger partial charge is 0.250 e. The maximum atomic E-state index is 5.04. The lowest BCUT2D eigenvalue weighted by Crippen LogP contribution is -2.34. The van der Waals surface area contributed by atoms with Crippen molar-refractivity contribution in [1.82, 2.24) is 24.1 Å². The van der Waals surface area contributed by atoms with Crippen molar-refractivity contribution in [3.05, 3.63) is 115 Å². The first-order chi connectivity index (χ1) is 16.7. The third kappa shape index (κ3) is 3.51. The van der Waals surface area contributed by atoms with E-state index in [-0.39, 0.29) is 0 Å². The Balaban J connectivity index is 1.39. The molecule has 0 atom stereocenters. The molecular formula is C27H23N7+2. The zero-order valence-corrected chi connectivity index (χ0v) is 18.6. The molecule has 7 rings (SSSR count). The van der Waals surface area contributed by atoms with Gasteiger partial charge in [-0.05, 0) is 24.3 Å². The van der Waals surface area contributed by atoms with Crippen LogP contribution < -0.4 is 9.13 Å². The van der Waals surface area contributed by atoms with E-state index in [1.807, 2.05) is 0 Å². The second-order valence-electron chi connectivity index (χ2n) is 8.95. The van der Waals surface area contributed by atoms with Crippen LogP contribution in [0.2, 0.25) is 0 Å². The third-order valence-electron chi connectivity index (χ3n) is 6.37. The molecule has 1 aromatic carbocycles. The fourth-order valence-electron chi connectivity index (χ4n) is 4.73. The summed E-state index contributed by atoms with van der Waals surface area (Å²) in [6.07, 6.45) is 12.6. The smallest absolute Gasteiger partial charge is 0.244 e. The van der Waals surface area contributed by atoms with Crippen LogP contribution in [0.4, 0.5) is 0 Å². The Morgan fingerprint density at radius 1 is 0.559 bits per heavy atom. The molecule has 0 radical (unpaired) electrons. The highest BCUT2D eigenvalue weighted by molar-refractivity contribution is 6.02. The molecule has 164 valence electrons. The molecule has 0 spiro atoms. The Labute approximate surface area is 196 Å². The van der Waals surface area contributed by atoms with Gasteiger partial charge in [0.25, 0.3) is 0 Å². The average molecular weight is 446 g/mol. The first-order valence-corrected chi connectivity index (χ1v) is 11.5.